The zero-order chi connectivity index (χ0) is 15.9. The van der Waals surface area contributed by atoms with Gasteiger partial charge >= 0.3 is 0 Å². The Morgan fingerprint density at radius 1 is 1.43 bits per heavy atom. The van der Waals surface area contributed by atoms with Crippen LogP contribution in [0, 0.1) is 5.41 Å². The molecule has 21 heavy (non-hydrogen) atoms. The van der Waals surface area contributed by atoms with Crippen LogP contribution in [0.4, 0.5) is 0 Å². The zero-order valence-corrected chi connectivity index (χ0v) is 13.3. The third kappa shape index (κ3) is 4.62. The van der Waals surface area contributed by atoms with Crippen molar-refractivity contribution in [2.45, 2.75) is 12.8 Å². The van der Waals surface area contributed by atoms with Crippen molar-refractivity contribution in [2.24, 2.45) is 11.1 Å². The summed E-state index contributed by atoms with van der Waals surface area (Å²) in [6.07, 6.45) is 0.910. The molecule has 120 valence electrons. The number of nitrogens with one attached hydrogen (secondary N) is 1. The van der Waals surface area contributed by atoms with E-state index in [9.17, 15) is 9.59 Å². The fraction of sp³-hybridized carbons (Fsp3) is 0.769. The van der Waals surface area contributed by atoms with Gasteiger partial charge in [0.05, 0.1) is 18.1 Å². The molecule has 1 rings (SSSR count). The minimum Gasteiger partial charge on any atom is -0.392 e. The quantitative estimate of drug-likeness (QED) is 0.476. The van der Waals surface area contributed by atoms with Gasteiger partial charge in [0.1, 0.15) is 5.41 Å². The molecule has 0 aromatic rings. The number of thiocarbonyl (C=S) groups is 1. The Balaban J connectivity index is 2.62. The van der Waals surface area contributed by atoms with Crippen molar-refractivity contribution < 1.29 is 19.1 Å². The Morgan fingerprint density at radius 2 is 2.05 bits per heavy atom. The van der Waals surface area contributed by atoms with Crippen molar-refractivity contribution in [3.63, 3.8) is 0 Å². The summed E-state index contributed by atoms with van der Waals surface area (Å²) in [6.45, 7) is 1.69. The lowest BCUT2D eigenvalue weighted by atomic mass is 9.78. The maximum absolute atomic E-state index is 12.6. The molecule has 0 saturated carbocycles. The molecule has 0 aliphatic carbocycles. The number of methoxy groups -OCH3 is 1. The van der Waals surface area contributed by atoms with Gasteiger partial charge in [-0.1, -0.05) is 12.2 Å². The lowest BCUT2D eigenvalue weighted by Crippen LogP contribution is -2.53. The first-order valence-electron chi connectivity index (χ1n) is 6.83. The summed E-state index contributed by atoms with van der Waals surface area (Å²) in [6, 6.07) is 0. The molecule has 1 saturated heterocycles. The number of amides is 2. The van der Waals surface area contributed by atoms with E-state index in [-0.39, 0.29) is 23.3 Å². The third-order valence-corrected chi connectivity index (χ3v) is 3.97. The van der Waals surface area contributed by atoms with Gasteiger partial charge in [-0.15, -0.1) is 0 Å². The van der Waals surface area contributed by atoms with Crippen LogP contribution in [-0.2, 0) is 19.1 Å². The maximum atomic E-state index is 12.6. The number of ether oxygens (including phenoxy) is 2. The second-order valence-corrected chi connectivity index (χ2v) is 5.50. The van der Waals surface area contributed by atoms with E-state index >= 15 is 0 Å². The molecule has 8 heteroatoms. The van der Waals surface area contributed by atoms with Gasteiger partial charge < -0.3 is 25.4 Å². The monoisotopic (exact) mass is 317 g/mol. The number of rotatable bonds is 7. The minimum absolute atomic E-state index is 0.0340. The minimum atomic E-state index is -0.894. The Morgan fingerprint density at radius 3 is 2.57 bits per heavy atom. The van der Waals surface area contributed by atoms with Gasteiger partial charge in [-0.25, -0.2) is 0 Å². The van der Waals surface area contributed by atoms with Crippen LogP contribution < -0.4 is 11.1 Å². The molecular formula is C13H23N3O4S. The Labute approximate surface area is 130 Å². The predicted molar refractivity (Wildman–Crippen MR) is 81.8 cm³/mol. The van der Waals surface area contributed by atoms with E-state index < -0.39 is 5.41 Å². The van der Waals surface area contributed by atoms with Crippen LogP contribution in [0.15, 0.2) is 0 Å². The Bertz CT molecular complexity index is 397. The molecule has 0 unspecified atom stereocenters. The van der Waals surface area contributed by atoms with Crippen molar-refractivity contribution in [2.75, 3.05) is 47.1 Å². The van der Waals surface area contributed by atoms with Crippen molar-refractivity contribution >= 4 is 29.0 Å². The molecule has 1 aliphatic rings. The number of carbonyl (C=O) groups is 2. The SMILES string of the molecule is COCCNC(=O)CN(C)C(=O)C1(C(N)=S)CCOCC1. The zero-order valence-electron chi connectivity index (χ0n) is 12.5. The first kappa shape index (κ1) is 17.8. The predicted octanol–water partition coefficient (Wildman–Crippen LogP) is -0.710. The molecule has 3 N–H and O–H groups in total. The second kappa shape index (κ2) is 8.26. The molecule has 0 spiro atoms. The van der Waals surface area contributed by atoms with Gasteiger partial charge in [0.15, 0.2) is 0 Å². The van der Waals surface area contributed by atoms with Crippen molar-refractivity contribution in [1.82, 2.24) is 10.2 Å². The van der Waals surface area contributed by atoms with Gasteiger partial charge in [0, 0.05) is 33.9 Å². The normalized spacial score (nSPS) is 17.0. The van der Waals surface area contributed by atoms with Crippen LogP contribution in [0.25, 0.3) is 0 Å². The van der Waals surface area contributed by atoms with E-state index in [1.54, 1.807) is 14.2 Å². The summed E-state index contributed by atoms with van der Waals surface area (Å²) in [7, 11) is 3.13. The molecule has 7 nitrogen and oxygen atoms in total. The summed E-state index contributed by atoms with van der Waals surface area (Å²) in [5, 5.41) is 2.67. The van der Waals surface area contributed by atoms with E-state index in [0.29, 0.717) is 39.2 Å². The van der Waals surface area contributed by atoms with Gasteiger partial charge in [-0.05, 0) is 12.8 Å². The molecule has 0 aromatic carbocycles. The number of hydrogen-bond acceptors (Lipinski definition) is 5. The molecule has 0 atom stereocenters. The molecule has 2 amide bonds. The first-order valence-corrected chi connectivity index (χ1v) is 7.23. The van der Waals surface area contributed by atoms with E-state index in [0.717, 1.165) is 0 Å². The summed E-state index contributed by atoms with van der Waals surface area (Å²) in [5.74, 6) is -0.465. The van der Waals surface area contributed by atoms with E-state index in [4.69, 9.17) is 27.4 Å². The van der Waals surface area contributed by atoms with E-state index in [1.807, 2.05) is 0 Å². The fourth-order valence-corrected chi connectivity index (χ4v) is 2.58. The number of nitrogens with two attached hydrogens (primary N) is 1. The van der Waals surface area contributed by atoms with Gasteiger partial charge in [0.25, 0.3) is 0 Å². The lowest BCUT2D eigenvalue weighted by molar-refractivity contribution is -0.143. The molecule has 1 aliphatic heterocycles. The topological polar surface area (TPSA) is 93.9 Å². The van der Waals surface area contributed by atoms with Crippen LogP contribution >= 0.6 is 12.2 Å². The average molecular weight is 317 g/mol. The molecule has 0 aromatic heterocycles. The molecule has 1 heterocycles. The lowest BCUT2D eigenvalue weighted by Gasteiger charge is -2.37. The molecule has 1 fully saturated rings. The largest absolute Gasteiger partial charge is 0.392 e. The number of carbonyl (C=O) groups excluding carboxylic acids is 2. The number of likely N-dealkylation sites (N-methyl/N-ethyl adjacent to an activating group) is 1. The highest BCUT2D eigenvalue weighted by molar-refractivity contribution is 7.80. The van der Waals surface area contributed by atoms with Crippen LogP contribution in [0.5, 0.6) is 0 Å². The summed E-state index contributed by atoms with van der Waals surface area (Å²) >= 11 is 5.08. The number of nitrogens with zero attached hydrogens (tertiary/aromatic N) is 1. The summed E-state index contributed by atoms with van der Waals surface area (Å²) < 4.78 is 10.1. The molecular weight excluding hydrogens is 294 g/mol. The standard InChI is InChI=1S/C13H23N3O4S/c1-16(9-10(17)15-5-8-19-2)12(18)13(11(14)21)3-6-20-7-4-13/h3-9H2,1-2H3,(H2,14,21)(H,15,17). The van der Waals surface area contributed by atoms with E-state index in [1.165, 1.54) is 4.90 Å². The summed E-state index contributed by atoms with van der Waals surface area (Å²) in [5.41, 5.74) is 4.89. The fourth-order valence-electron chi connectivity index (χ4n) is 2.29. The van der Waals surface area contributed by atoms with Crippen LogP contribution in [0.3, 0.4) is 0 Å². The highest BCUT2D eigenvalue weighted by Crippen LogP contribution is 2.32. The van der Waals surface area contributed by atoms with Gasteiger partial charge in [0.2, 0.25) is 11.8 Å². The Hall–Kier alpha value is -1.25. The summed E-state index contributed by atoms with van der Waals surface area (Å²) in [4.78, 5) is 25.9. The highest BCUT2D eigenvalue weighted by Gasteiger charge is 2.44. The van der Waals surface area contributed by atoms with Gasteiger partial charge in [-0.3, -0.25) is 9.59 Å². The average Bonchev–Trinajstić information content (AvgIpc) is 2.47. The smallest absolute Gasteiger partial charge is 0.239 e. The Kier molecular flexibility index (Phi) is 7.00. The van der Waals surface area contributed by atoms with Crippen LogP contribution in [0.1, 0.15) is 12.8 Å². The van der Waals surface area contributed by atoms with Crippen molar-refractivity contribution in [3.8, 4) is 0 Å². The second-order valence-electron chi connectivity index (χ2n) is 5.06. The van der Waals surface area contributed by atoms with Crippen LogP contribution in [-0.4, -0.2) is 68.8 Å². The van der Waals surface area contributed by atoms with E-state index in [2.05, 4.69) is 5.32 Å². The molecule has 0 radical (unpaired) electrons. The van der Waals surface area contributed by atoms with Gasteiger partial charge in [-0.2, -0.15) is 0 Å². The highest BCUT2D eigenvalue weighted by atomic mass is 32.1. The number of hydrogen-bond donors (Lipinski definition) is 2. The van der Waals surface area contributed by atoms with Crippen molar-refractivity contribution in [1.29, 1.82) is 0 Å². The third-order valence-electron chi connectivity index (χ3n) is 3.58. The molecule has 0 bridgehead atoms. The van der Waals surface area contributed by atoms with Crippen LogP contribution in [0.2, 0.25) is 0 Å². The maximum Gasteiger partial charge on any atom is 0.239 e. The first-order chi connectivity index (χ1) is 9.94. The van der Waals surface area contributed by atoms with Crippen molar-refractivity contribution in [3.05, 3.63) is 0 Å².